The molecule has 0 saturated heterocycles. The summed E-state index contributed by atoms with van der Waals surface area (Å²) in [6.07, 6.45) is -4.26. The molecule has 3 nitrogen and oxygen atoms in total. The van der Waals surface area contributed by atoms with Crippen molar-refractivity contribution < 1.29 is 22.7 Å². The second kappa shape index (κ2) is 7.97. The Labute approximate surface area is 136 Å². The summed E-state index contributed by atoms with van der Waals surface area (Å²) < 4.78 is 45.3. The minimum atomic E-state index is -4.52. The number of hydrogen-bond donors (Lipinski definition) is 1. The minimum Gasteiger partial charge on any atom is -0.468 e. The van der Waals surface area contributed by atoms with Gasteiger partial charge >= 0.3 is 12.1 Å². The van der Waals surface area contributed by atoms with E-state index in [4.69, 9.17) is 0 Å². The van der Waals surface area contributed by atoms with Gasteiger partial charge in [0.15, 0.2) is 0 Å². The van der Waals surface area contributed by atoms with Crippen molar-refractivity contribution in [2.75, 3.05) is 7.11 Å². The topological polar surface area (TPSA) is 38.3 Å². The lowest BCUT2D eigenvalue weighted by Gasteiger charge is -2.27. The van der Waals surface area contributed by atoms with E-state index in [9.17, 15) is 18.0 Å². The number of esters is 1. The highest BCUT2D eigenvalue weighted by Crippen LogP contribution is 2.34. The van der Waals surface area contributed by atoms with Crippen LogP contribution in [0.25, 0.3) is 0 Å². The summed E-state index contributed by atoms with van der Waals surface area (Å²) in [4.78, 5) is 11.7. The normalized spacial score (nSPS) is 14.7. The molecule has 0 saturated carbocycles. The van der Waals surface area contributed by atoms with Gasteiger partial charge in [0.05, 0.1) is 7.11 Å². The lowest BCUT2D eigenvalue weighted by atomic mass is 10.0. The number of rotatable bonds is 6. The van der Waals surface area contributed by atoms with Crippen molar-refractivity contribution in [3.05, 3.63) is 34.3 Å². The number of benzene rings is 1. The van der Waals surface area contributed by atoms with Crippen LogP contribution in [0, 0.1) is 5.92 Å². The average molecular weight is 382 g/mol. The molecule has 0 aliphatic carbocycles. The number of methoxy groups -OCH3 is 1. The zero-order chi connectivity index (χ0) is 16.9. The second-order valence-electron chi connectivity index (χ2n) is 5.40. The largest absolute Gasteiger partial charge is 0.468 e. The Hall–Kier alpha value is -1.08. The number of carbonyl (C=O) groups is 1. The third-order valence-corrected chi connectivity index (χ3v) is 3.62. The highest BCUT2D eigenvalue weighted by atomic mass is 79.9. The van der Waals surface area contributed by atoms with Crippen molar-refractivity contribution >= 4 is 21.9 Å². The van der Waals surface area contributed by atoms with Gasteiger partial charge in [0.1, 0.15) is 12.1 Å². The van der Waals surface area contributed by atoms with Gasteiger partial charge in [-0.1, -0.05) is 41.9 Å². The van der Waals surface area contributed by atoms with Crippen molar-refractivity contribution in [1.82, 2.24) is 5.32 Å². The van der Waals surface area contributed by atoms with Gasteiger partial charge in [0.2, 0.25) is 0 Å². The molecule has 0 aliphatic rings. The predicted molar refractivity (Wildman–Crippen MR) is 81.3 cm³/mol. The molecule has 0 aliphatic heterocycles. The van der Waals surface area contributed by atoms with Crippen LogP contribution in [0.4, 0.5) is 13.2 Å². The number of ether oxygens (including phenoxy) is 1. The number of carbonyl (C=O) groups excluding carboxylic acids is 1. The van der Waals surface area contributed by atoms with E-state index in [-0.39, 0.29) is 17.9 Å². The fraction of sp³-hybridized carbons (Fsp3) is 0.533. The zero-order valence-corrected chi connectivity index (χ0v) is 14.2. The zero-order valence-electron chi connectivity index (χ0n) is 12.6. The van der Waals surface area contributed by atoms with E-state index in [1.807, 2.05) is 13.8 Å². The molecule has 0 radical (unpaired) electrons. The van der Waals surface area contributed by atoms with Gasteiger partial charge in [0.25, 0.3) is 0 Å². The van der Waals surface area contributed by atoms with Crippen LogP contribution in [0.3, 0.4) is 0 Å². The molecule has 1 aromatic rings. The van der Waals surface area contributed by atoms with E-state index >= 15 is 0 Å². The van der Waals surface area contributed by atoms with Crippen molar-refractivity contribution in [2.45, 2.75) is 38.5 Å². The van der Waals surface area contributed by atoms with E-state index < -0.39 is 24.2 Å². The highest BCUT2D eigenvalue weighted by Gasteiger charge is 2.43. The van der Waals surface area contributed by atoms with Crippen LogP contribution in [0.15, 0.2) is 28.7 Å². The SMILES string of the molecule is COC(=O)[C@H](CC(C)C)N[C@@H](c1ccc(Br)cc1)C(F)(F)F. The fourth-order valence-electron chi connectivity index (χ4n) is 2.08. The molecule has 22 heavy (non-hydrogen) atoms. The lowest BCUT2D eigenvalue weighted by molar-refractivity contribution is -0.164. The molecule has 1 rings (SSSR count). The van der Waals surface area contributed by atoms with Crippen LogP contribution < -0.4 is 5.32 Å². The fourth-order valence-corrected chi connectivity index (χ4v) is 2.35. The monoisotopic (exact) mass is 381 g/mol. The Morgan fingerprint density at radius 3 is 2.23 bits per heavy atom. The molecule has 1 aromatic carbocycles. The highest BCUT2D eigenvalue weighted by molar-refractivity contribution is 9.10. The summed E-state index contributed by atoms with van der Waals surface area (Å²) >= 11 is 3.19. The van der Waals surface area contributed by atoms with Crippen LogP contribution in [0.1, 0.15) is 31.9 Å². The predicted octanol–water partition coefficient (Wildman–Crippen LogP) is 4.23. The molecular formula is C15H19BrF3NO2. The van der Waals surface area contributed by atoms with Gasteiger partial charge in [-0.3, -0.25) is 10.1 Å². The Balaban J connectivity index is 3.05. The minimum absolute atomic E-state index is 0.0494. The van der Waals surface area contributed by atoms with Gasteiger partial charge in [0, 0.05) is 4.47 Å². The summed E-state index contributed by atoms with van der Waals surface area (Å²) in [6.45, 7) is 3.67. The molecule has 0 bridgehead atoms. The molecule has 7 heteroatoms. The molecule has 0 unspecified atom stereocenters. The molecule has 0 amide bonds. The van der Waals surface area contributed by atoms with E-state index in [0.29, 0.717) is 4.47 Å². The number of hydrogen-bond acceptors (Lipinski definition) is 3. The summed E-state index contributed by atoms with van der Waals surface area (Å²) in [6, 6.07) is 2.87. The molecule has 2 atom stereocenters. The number of nitrogens with one attached hydrogen (secondary N) is 1. The van der Waals surface area contributed by atoms with E-state index in [1.165, 1.54) is 31.4 Å². The first-order valence-electron chi connectivity index (χ1n) is 6.81. The Kier molecular flexibility index (Phi) is 6.87. The molecule has 0 aromatic heterocycles. The molecule has 0 spiro atoms. The van der Waals surface area contributed by atoms with Crippen LogP contribution >= 0.6 is 15.9 Å². The molecular weight excluding hydrogens is 363 g/mol. The van der Waals surface area contributed by atoms with Crippen LogP contribution in [0.5, 0.6) is 0 Å². The van der Waals surface area contributed by atoms with Crippen molar-refractivity contribution in [2.24, 2.45) is 5.92 Å². The first-order chi connectivity index (χ1) is 10.1. The maximum atomic E-state index is 13.3. The maximum absolute atomic E-state index is 13.3. The molecule has 1 N–H and O–H groups in total. The molecule has 0 fully saturated rings. The third-order valence-electron chi connectivity index (χ3n) is 3.09. The molecule has 0 heterocycles. The van der Waals surface area contributed by atoms with Gasteiger partial charge in [-0.25, -0.2) is 0 Å². The lowest BCUT2D eigenvalue weighted by Crippen LogP contribution is -2.45. The Morgan fingerprint density at radius 2 is 1.82 bits per heavy atom. The quantitative estimate of drug-likeness (QED) is 0.749. The van der Waals surface area contributed by atoms with E-state index in [2.05, 4.69) is 26.0 Å². The van der Waals surface area contributed by atoms with Gasteiger partial charge in [-0.05, 0) is 30.0 Å². The number of halogens is 4. The first-order valence-corrected chi connectivity index (χ1v) is 7.60. The van der Waals surface area contributed by atoms with Crippen LogP contribution in [-0.4, -0.2) is 25.3 Å². The standard InChI is InChI=1S/C15H19BrF3NO2/c1-9(2)8-12(14(21)22-3)20-13(15(17,18)19)10-4-6-11(16)7-5-10/h4-7,9,12-13,20H,8H2,1-3H3/t12-,13-/m0/s1. The van der Waals surface area contributed by atoms with Gasteiger partial charge < -0.3 is 4.74 Å². The Morgan fingerprint density at radius 1 is 1.27 bits per heavy atom. The van der Waals surface area contributed by atoms with Crippen molar-refractivity contribution in [3.63, 3.8) is 0 Å². The summed E-state index contributed by atoms with van der Waals surface area (Å²) in [5.41, 5.74) is 0.0494. The smallest absolute Gasteiger partial charge is 0.407 e. The third kappa shape index (κ3) is 5.61. The van der Waals surface area contributed by atoms with Gasteiger partial charge in [-0.15, -0.1) is 0 Å². The molecule has 124 valence electrons. The second-order valence-corrected chi connectivity index (χ2v) is 6.31. The summed E-state index contributed by atoms with van der Waals surface area (Å²) in [5, 5.41) is 2.40. The maximum Gasteiger partial charge on any atom is 0.407 e. The Bertz CT molecular complexity index is 489. The summed E-state index contributed by atoms with van der Waals surface area (Å²) in [5.74, 6) is -0.643. The van der Waals surface area contributed by atoms with E-state index in [1.54, 1.807) is 0 Å². The van der Waals surface area contributed by atoms with E-state index in [0.717, 1.165) is 0 Å². The van der Waals surface area contributed by atoms with Crippen LogP contribution in [-0.2, 0) is 9.53 Å². The van der Waals surface area contributed by atoms with Crippen molar-refractivity contribution in [3.8, 4) is 0 Å². The van der Waals surface area contributed by atoms with Crippen LogP contribution in [0.2, 0.25) is 0 Å². The van der Waals surface area contributed by atoms with Crippen molar-refractivity contribution in [1.29, 1.82) is 0 Å². The van der Waals surface area contributed by atoms with Gasteiger partial charge in [-0.2, -0.15) is 13.2 Å². The average Bonchev–Trinajstić information content (AvgIpc) is 2.42. The first kappa shape index (κ1) is 19.0. The number of alkyl halides is 3. The summed E-state index contributed by atoms with van der Waals surface area (Å²) in [7, 11) is 1.17.